The average Bonchev–Trinajstić information content (AvgIpc) is 2.89. The largest absolute Gasteiger partial charge is 0.477 e. The van der Waals surface area contributed by atoms with E-state index in [1.807, 2.05) is 24.3 Å². The van der Waals surface area contributed by atoms with E-state index >= 15 is 0 Å². The van der Waals surface area contributed by atoms with Crippen molar-refractivity contribution in [3.8, 4) is 0 Å². The summed E-state index contributed by atoms with van der Waals surface area (Å²) in [5.74, 6) is -0.411. The molecule has 0 atom stereocenters. The number of aromatic nitrogens is 1. The quantitative estimate of drug-likeness (QED) is 0.766. The summed E-state index contributed by atoms with van der Waals surface area (Å²) in [6, 6.07) is 9.24. The van der Waals surface area contributed by atoms with Crippen molar-refractivity contribution in [1.82, 2.24) is 4.98 Å². The zero-order valence-corrected chi connectivity index (χ0v) is 12.3. The van der Waals surface area contributed by atoms with E-state index in [4.69, 9.17) is 0 Å². The highest BCUT2D eigenvalue weighted by atomic mass is 32.1. The van der Waals surface area contributed by atoms with Crippen LogP contribution in [0.3, 0.4) is 0 Å². The highest BCUT2D eigenvalue weighted by molar-refractivity contribution is 7.08. The second-order valence-corrected chi connectivity index (χ2v) is 5.56. The predicted octanol–water partition coefficient (Wildman–Crippen LogP) is 3.92. The lowest BCUT2D eigenvalue weighted by Crippen LogP contribution is -2.07. The van der Waals surface area contributed by atoms with Crippen LogP contribution in [0, 0.1) is 6.92 Å². The van der Waals surface area contributed by atoms with Gasteiger partial charge in [0.25, 0.3) is 0 Å². The minimum absolute atomic E-state index is 0.0539. The molecule has 5 heteroatoms. The minimum atomic E-state index is -1.02. The Morgan fingerprint density at radius 1 is 1.33 bits per heavy atom. The second-order valence-electron chi connectivity index (χ2n) is 4.82. The summed E-state index contributed by atoms with van der Waals surface area (Å²) in [4.78, 5) is 15.4. The van der Waals surface area contributed by atoms with Crippen molar-refractivity contribution in [2.24, 2.45) is 0 Å². The van der Waals surface area contributed by atoms with Gasteiger partial charge in [0.1, 0.15) is 5.82 Å². The number of aromatic carboxylic acids is 1. The maximum absolute atomic E-state index is 11.2. The van der Waals surface area contributed by atoms with Gasteiger partial charge in [-0.3, -0.25) is 0 Å². The fourth-order valence-electron chi connectivity index (χ4n) is 2.19. The number of nitrogens with zero attached hydrogens (tertiary/aromatic N) is 1. The summed E-state index contributed by atoms with van der Waals surface area (Å²) in [7, 11) is 0. The number of carboxylic acids is 1. The molecule has 0 saturated heterocycles. The first-order chi connectivity index (χ1) is 10.1. The Balaban J connectivity index is 1.99. The zero-order valence-electron chi connectivity index (χ0n) is 11.5. The van der Waals surface area contributed by atoms with Crippen LogP contribution in [0.2, 0.25) is 0 Å². The first kappa shape index (κ1) is 13.6. The van der Waals surface area contributed by atoms with E-state index in [-0.39, 0.29) is 5.69 Å². The van der Waals surface area contributed by atoms with Gasteiger partial charge in [-0.15, -0.1) is 0 Å². The lowest BCUT2D eigenvalue weighted by Gasteiger charge is -2.10. The first-order valence-corrected chi connectivity index (χ1v) is 7.48. The van der Waals surface area contributed by atoms with Crippen LogP contribution in [0.1, 0.15) is 21.6 Å². The van der Waals surface area contributed by atoms with Gasteiger partial charge in [-0.05, 0) is 40.3 Å². The second kappa shape index (κ2) is 5.54. The Morgan fingerprint density at radius 3 is 2.86 bits per heavy atom. The molecule has 1 aromatic carbocycles. The van der Waals surface area contributed by atoms with Crippen molar-refractivity contribution in [3.05, 3.63) is 57.9 Å². The molecular weight excluding hydrogens is 284 g/mol. The van der Waals surface area contributed by atoms with E-state index in [1.165, 1.54) is 11.1 Å². The standard InChI is InChI=1S/C16H14N2O2S/c1-10-8-21-9-12(10)7-17-15-13-5-3-2-4-11(13)6-14(18-15)16(19)20/h2-6,8-9H,7H2,1H3,(H,17,18)(H,19,20). The Bertz CT molecular complexity index is 811. The number of carbonyl (C=O) groups is 1. The molecule has 106 valence electrons. The van der Waals surface area contributed by atoms with Crippen molar-refractivity contribution in [2.45, 2.75) is 13.5 Å². The smallest absolute Gasteiger partial charge is 0.354 e. The number of hydrogen-bond acceptors (Lipinski definition) is 4. The van der Waals surface area contributed by atoms with Crippen molar-refractivity contribution in [2.75, 3.05) is 5.32 Å². The molecule has 0 radical (unpaired) electrons. The van der Waals surface area contributed by atoms with Crippen molar-refractivity contribution >= 4 is 33.9 Å². The van der Waals surface area contributed by atoms with E-state index in [1.54, 1.807) is 17.4 Å². The molecule has 0 amide bonds. The third-order valence-corrected chi connectivity index (χ3v) is 4.28. The molecule has 0 bridgehead atoms. The summed E-state index contributed by atoms with van der Waals surface area (Å²) in [5.41, 5.74) is 2.48. The van der Waals surface area contributed by atoms with Crippen molar-refractivity contribution < 1.29 is 9.90 Å². The monoisotopic (exact) mass is 298 g/mol. The number of benzene rings is 1. The van der Waals surface area contributed by atoms with E-state index in [2.05, 4.69) is 28.0 Å². The molecule has 3 aromatic rings. The Kier molecular flexibility index (Phi) is 3.58. The van der Waals surface area contributed by atoms with Gasteiger partial charge in [0.15, 0.2) is 5.69 Å². The van der Waals surface area contributed by atoms with E-state index in [0.717, 1.165) is 10.8 Å². The number of aryl methyl sites for hydroxylation is 1. The molecule has 0 spiro atoms. The molecule has 4 nitrogen and oxygen atoms in total. The first-order valence-electron chi connectivity index (χ1n) is 6.54. The lowest BCUT2D eigenvalue weighted by molar-refractivity contribution is 0.0691. The number of nitrogens with one attached hydrogen (secondary N) is 1. The molecule has 3 rings (SSSR count). The third kappa shape index (κ3) is 2.73. The van der Waals surface area contributed by atoms with Crippen LogP contribution in [0.25, 0.3) is 10.8 Å². The maximum atomic E-state index is 11.2. The van der Waals surface area contributed by atoms with Crippen LogP contribution in [-0.2, 0) is 6.54 Å². The molecular formula is C16H14N2O2S. The molecule has 21 heavy (non-hydrogen) atoms. The molecule has 0 unspecified atom stereocenters. The molecule has 0 aliphatic heterocycles. The van der Waals surface area contributed by atoms with Crippen LogP contribution in [0.4, 0.5) is 5.82 Å². The van der Waals surface area contributed by atoms with Gasteiger partial charge in [-0.25, -0.2) is 9.78 Å². The van der Waals surface area contributed by atoms with Gasteiger partial charge in [-0.2, -0.15) is 11.3 Å². The highest BCUT2D eigenvalue weighted by Gasteiger charge is 2.11. The summed E-state index contributed by atoms with van der Waals surface area (Å²) in [6.07, 6.45) is 0. The summed E-state index contributed by atoms with van der Waals surface area (Å²) in [6.45, 7) is 2.70. The van der Waals surface area contributed by atoms with Crippen LogP contribution in [0.15, 0.2) is 41.1 Å². The van der Waals surface area contributed by atoms with Gasteiger partial charge in [-0.1, -0.05) is 24.3 Å². The van der Waals surface area contributed by atoms with Crippen molar-refractivity contribution in [3.63, 3.8) is 0 Å². The molecule has 2 aromatic heterocycles. The summed E-state index contributed by atoms with van der Waals surface area (Å²) < 4.78 is 0. The van der Waals surface area contributed by atoms with Gasteiger partial charge < -0.3 is 10.4 Å². The predicted molar refractivity (Wildman–Crippen MR) is 85.1 cm³/mol. The molecule has 0 fully saturated rings. The Hall–Kier alpha value is -2.40. The van der Waals surface area contributed by atoms with Gasteiger partial charge in [0, 0.05) is 11.9 Å². The number of fused-ring (bicyclic) bond motifs is 1. The normalized spacial score (nSPS) is 10.7. The number of carboxylic acid groups (broad SMARTS) is 1. The van der Waals surface area contributed by atoms with Crippen molar-refractivity contribution in [1.29, 1.82) is 0 Å². The molecule has 0 aliphatic carbocycles. The van der Waals surface area contributed by atoms with E-state index in [0.29, 0.717) is 12.4 Å². The topological polar surface area (TPSA) is 62.2 Å². The third-order valence-electron chi connectivity index (χ3n) is 3.37. The van der Waals surface area contributed by atoms with Crippen LogP contribution in [0.5, 0.6) is 0 Å². The van der Waals surface area contributed by atoms with Crippen LogP contribution < -0.4 is 5.32 Å². The SMILES string of the molecule is Cc1cscc1CNc1nc(C(=O)O)cc2ccccc12. The Morgan fingerprint density at radius 2 is 2.14 bits per heavy atom. The molecule has 2 N–H and O–H groups in total. The molecule has 0 aliphatic rings. The van der Waals surface area contributed by atoms with Gasteiger partial charge in [0.2, 0.25) is 0 Å². The molecule has 2 heterocycles. The zero-order chi connectivity index (χ0) is 14.8. The highest BCUT2D eigenvalue weighted by Crippen LogP contribution is 2.24. The summed E-state index contributed by atoms with van der Waals surface area (Å²) in [5, 5.41) is 18.4. The number of rotatable bonds is 4. The van der Waals surface area contributed by atoms with E-state index in [9.17, 15) is 9.90 Å². The van der Waals surface area contributed by atoms with E-state index < -0.39 is 5.97 Å². The maximum Gasteiger partial charge on any atom is 0.354 e. The molecule has 0 saturated carbocycles. The fraction of sp³-hybridized carbons (Fsp3) is 0.125. The Labute approximate surface area is 126 Å². The number of thiophene rings is 1. The van der Waals surface area contributed by atoms with Crippen LogP contribution >= 0.6 is 11.3 Å². The number of pyridine rings is 1. The van der Waals surface area contributed by atoms with Crippen LogP contribution in [-0.4, -0.2) is 16.1 Å². The number of hydrogen-bond donors (Lipinski definition) is 2. The van der Waals surface area contributed by atoms with Gasteiger partial charge in [0.05, 0.1) is 0 Å². The number of anilines is 1. The average molecular weight is 298 g/mol. The lowest BCUT2D eigenvalue weighted by atomic mass is 10.1. The van der Waals surface area contributed by atoms with Gasteiger partial charge >= 0.3 is 5.97 Å². The fourth-order valence-corrected chi connectivity index (χ4v) is 3.05. The minimum Gasteiger partial charge on any atom is -0.477 e. The summed E-state index contributed by atoms with van der Waals surface area (Å²) >= 11 is 1.66.